The van der Waals surface area contributed by atoms with Crippen LogP contribution < -0.4 is 0 Å². The van der Waals surface area contributed by atoms with Crippen LogP contribution in [0.5, 0.6) is 0 Å². The minimum Gasteiger partial charge on any atom is -0.300 e. The van der Waals surface area contributed by atoms with Gasteiger partial charge in [-0.15, -0.1) is 0 Å². The van der Waals surface area contributed by atoms with E-state index < -0.39 is 0 Å². The van der Waals surface area contributed by atoms with Crippen molar-refractivity contribution < 1.29 is 9.59 Å². The average Bonchev–Trinajstić information content (AvgIpc) is 2.16. The van der Waals surface area contributed by atoms with Gasteiger partial charge in [-0.2, -0.15) is 0 Å². The Morgan fingerprint density at radius 3 is 2.50 bits per heavy atom. The summed E-state index contributed by atoms with van der Waals surface area (Å²) in [4.78, 5) is 23.3. The molecule has 0 aromatic heterocycles. The van der Waals surface area contributed by atoms with Gasteiger partial charge in [-0.05, 0) is 38.0 Å². The second kappa shape index (κ2) is 5.60. The van der Waals surface area contributed by atoms with Crippen molar-refractivity contribution in [3.63, 3.8) is 0 Å². The predicted octanol–water partition coefficient (Wildman–Crippen LogP) is 3.24. The van der Waals surface area contributed by atoms with Gasteiger partial charge in [-0.3, -0.25) is 4.79 Å². The third-order valence-corrected chi connectivity index (χ3v) is 3.96. The Labute approximate surface area is 98.8 Å². The topological polar surface area (TPSA) is 34.1 Å². The minimum atomic E-state index is 0.130. The van der Waals surface area contributed by atoms with Crippen molar-refractivity contribution in [1.29, 1.82) is 0 Å². The summed E-state index contributed by atoms with van der Waals surface area (Å²) in [5.41, 5.74) is 0. The molecule has 3 atom stereocenters. The van der Waals surface area contributed by atoms with E-state index in [9.17, 15) is 9.59 Å². The monoisotopic (exact) mass is 224 g/mol. The molecule has 16 heavy (non-hydrogen) atoms. The molecule has 0 saturated heterocycles. The maximum absolute atomic E-state index is 12.3. The van der Waals surface area contributed by atoms with E-state index in [0.717, 1.165) is 19.3 Å². The fourth-order valence-electron chi connectivity index (χ4n) is 2.79. The second-order valence-corrected chi connectivity index (χ2v) is 5.65. The zero-order valence-corrected chi connectivity index (χ0v) is 11.0. The summed E-state index contributed by atoms with van der Waals surface area (Å²) in [6.45, 7) is 8.01. The molecule has 0 bridgehead atoms. The Kier molecular flexibility index (Phi) is 4.69. The zero-order chi connectivity index (χ0) is 12.3. The van der Waals surface area contributed by atoms with Crippen LogP contribution in [0.25, 0.3) is 0 Å². The predicted molar refractivity (Wildman–Crippen MR) is 65.1 cm³/mol. The fourth-order valence-corrected chi connectivity index (χ4v) is 2.79. The van der Waals surface area contributed by atoms with Gasteiger partial charge in [0.25, 0.3) is 0 Å². The van der Waals surface area contributed by atoms with E-state index in [1.165, 1.54) is 0 Å². The summed E-state index contributed by atoms with van der Waals surface area (Å²) >= 11 is 0. The van der Waals surface area contributed by atoms with Crippen LogP contribution in [0.15, 0.2) is 0 Å². The largest absolute Gasteiger partial charge is 0.300 e. The number of carbonyl (C=O) groups is 2. The lowest BCUT2D eigenvalue weighted by atomic mass is 9.69. The summed E-state index contributed by atoms with van der Waals surface area (Å²) in [6.07, 6.45) is 3.50. The molecule has 0 aromatic rings. The van der Waals surface area contributed by atoms with Gasteiger partial charge >= 0.3 is 0 Å². The Hall–Kier alpha value is -0.660. The molecule has 0 spiro atoms. The first kappa shape index (κ1) is 13.4. The standard InChI is InChI=1S/C14H24O2/c1-9(2)12-7-5-10(3)13(14(12)16)8-6-11(4)15/h9-10,12-13H,5-8H2,1-4H3/t10-,12+,13+/m1/s1. The molecule has 0 aliphatic heterocycles. The van der Waals surface area contributed by atoms with Crippen molar-refractivity contribution in [2.24, 2.45) is 23.7 Å². The quantitative estimate of drug-likeness (QED) is 0.734. The van der Waals surface area contributed by atoms with E-state index in [1.807, 2.05) is 0 Å². The third kappa shape index (κ3) is 3.16. The zero-order valence-electron chi connectivity index (χ0n) is 11.0. The smallest absolute Gasteiger partial charge is 0.139 e. The van der Waals surface area contributed by atoms with Gasteiger partial charge in [0.15, 0.2) is 0 Å². The molecule has 0 N–H and O–H groups in total. The molecule has 1 fully saturated rings. The number of Topliss-reactive ketones (excluding diaryl/α,β-unsaturated/α-hetero) is 2. The van der Waals surface area contributed by atoms with Crippen molar-refractivity contribution in [2.45, 2.75) is 53.4 Å². The average molecular weight is 224 g/mol. The highest BCUT2D eigenvalue weighted by Crippen LogP contribution is 2.36. The molecule has 0 aromatic carbocycles. The first-order valence-electron chi connectivity index (χ1n) is 6.46. The molecule has 0 amide bonds. The van der Waals surface area contributed by atoms with E-state index >= 15 is 0 Å². The van der Waals surface area contributed by atoms with Crippen LogP contribution in [-0.2, 0) is 9.59 Å². The van der Waals surface area contributed by atoms with Gasteiger partial charge in [-0.25, -0.2) is 0 Å². The number of rotatable bonds is 4. The first-order valence-corrected chi connectivity index (χ1v) is 6.46. The van der Waals surface area contributed by atoms with E-state index in [0.29, 0.717) is 24.0 Å². The lowest BCUT2D eigenvalue weighted by Crippen LogP contribution is -2.36. The maximum Gasteiger partial charge on any atom is 0.139 e. The van der Waals surface area contributed by atoms with Gasteiger partial charge in [0, 0.05) is 18.3 Å². The van der Waals surface area contributed by atoms with Gasteiger partial charge < -0.3 is 4.79 Å². The molecule has 92 valence electrons. The summed E-state index contributed by atoms with van der Waals surface area (Å²) in [5.74, 6) is 1.88. The fraction of sp³-hybridized carbons (Fsp3) is 0.857. The minimum absolute atomic E-state index is 0.130. The molecular weight excluding hydrogens is 200 g/mol. The Bertz CT molecular complexity index is 268. The van der Waals surface area contributed by atoms with Crippen LogP contribution in [0.3, 0.4) is 0 Å². The molecule has 1 saturated carbocycles. The molecule has 1 aliphatic carbocycles. The van der Waals surface area contributed by atoms with E-state index in [-0.39, 0.29) is 17.6 Å². The van der Waals surface area contributed by atoms with Crippen molar-refractivity contribution in [1.82, 2.24) is 0 Å². The summed E-state index contributed by atoms with van der Waals surface area (Å²) < 4.78 is 0. The number of carbonyl (C=O) groups excluding carboxylic acids is 2. The van der Waals surface area contributed by atoms with Gasteiger partial charge in [-0.1, -0.05) is 20.8 Å². The number of hydrogen-bond donors (Lipinski definition) is 0. The number of hydrogen-bond acceptors (Lipinski definition) is 2. The van der Waals surface area contributed by atoms with Gasteiger partial charge in [0.05, 0.1) is 0 Å². The molecule has 1 aliphatic rings. The SMILES string of the molecule is CC(=O)CC[C@@H]1C(=O)[C@H](C(C)C)CC[C@H]1C. The Morgan fingerprint density at radius 2 is 2.00 bits per heavy atom. The molecule has 0 unspecified atom stereocenters. The van der Waals surface area contributed by atoms with Crippen LogP contribution in [0, 0.1) is 23.7 Å². The summed E-state index contributed by atoms with van der Waals surface area (Å²) in [5, 5.41) is 0. The molecule has 0 heterocycles. The molecule has 1 rings (SSSR count). The van der Waals surface area contributed by atoms with Crippen molar-refractivity contribution >= 4 is 11.6 Å². The summed E-state index contributed by atoms with van der Waals surface area (Å²) in [6, 6.07) is 0. The molecule has 0 radical (unpaired) electrons. The first-order chi connectivity index (χ1) is 7.43. The van der Waals surface area contributed by atoms with Crippen molar-refractivity contribution in [3.8, 4) is 0 Å². The highest BCUT2D eigenvalue weighted by molar-refractivity contribution is 5.85. The van der Waals surface area contributed by atoms with E-state index in [1.54, 1.807) is 6.92 Å². The number of ketones is 2. The highest BCUT2D eigenvalue weighted by atomic mass is 16.1. The molecule has 2 heteroatoms. The van der Waals surface area contributed by atoms with Crippen LogP contribution in [0.1, 0.15) is 53.4 Å². The van der Waals surface area contributed by atoms with Crippen LogP contribution in [0.4, 0.5) is 0 Å². The van der Waals surface area contributed by atoms with E-state index in [4.69, 9.17) is 0 Å². The second-order valence-electron chi connectivity index (χ2n) is 5.65. The van der Waals surface area contributed by atoms with Crippen molar-refractivity contribution in [3.05, 3.63) is 0 Å². The Balaban J connectivity index is 2.64. The van der Waals surface area contributed by atoms with E-state index in [2.05, 4.69) is 20.8 Å². The Morgan fingerprint density at radius 1 is 1.38 bits per heavy atom. The highest BCUT2D eigenvalue weighted by Gasteiger charge is 2.36. The van der Waals surface area contributed by atoms with Crippen molar-refractivity contribution in [2.75, 3.05) is 0 Å². The van der Waals surface area contributed by atoms with Gasteiger partial charge in [0.2, 0.25) is 0 Å². The van der Waals surface area contributed by atoms with Crippen LogP contribution in [-0.4, -0.2) is 11.6 Å². The molecule has 2 nitrogen and oxygen atoms in total. The van der Waals surface area contributed by atoms with Crippen LogP contribution >= 0.6 is 0 Å². The van der Waals surface area contributed by atoms with Crippen LogP contribution in [0.2, 0.25) is 0 Å². The third-order valence-electron chi connectivity index (χ3n) is 3.96. The lowest BCUT2D eigenvalue weighted by Gasteiger charge is -2.34. The maximum atomic E-state index is 12.3. The summed E-state index contributed by atoms with van der Waals surface area (Å²) in [7, 11) is 0. The lowest BCUT2D eigenvalue weighted by molar-refractivity contribution is -0.133. The van der Waals surface area contributed by atoms with Gasteiger partial charge in [0.1, 0.15) is 11.6 Å². The normalized spacial score (nSPS) is 30.8. The molecular formula is C14H24O2.